The molecule has 0 aromatic rings. The largest absolute Gasteiger partial charge is 0.469 e. The molecule has 31 heavy (non-hydrogen) atoms. The normalized spacial score (nSPS) is 56.7. The smallest absolute Gasteiger partial charge is 0.312 e. The van der Waals surface area contributed by atoms with Gasteiger partial charge in [0, 0.05) is 23.2 Å². The van der Waals surface area contributed by atoms with Gasteiger partial charge >= 0.3 is 11.9 Å². The number of fused-ring (bicyclic) bond motifs is 4. The van der Waals surface area contributed by atoms with E-state index in [0.717, 1.165) is 24.8 Å². The number of rotatable bonds is 1. The fourth-order valence-corrected chi connectivity index (χ4v) is 8.89. The van der Waals surface area contributed by atoms with E-state index in [1.54, 1.807) is 6.08 Å². The van der Waals surface area contributed by atoms with Crippen molar-refractivity contribution in [1.29, 1.82) is 0 Å². The number of esters is 2. The zero-order valence-corrected chi connectivity index (χ0v) is 18.4. The molecule has 4 aliphatic carbocycles. The van der Waals surface area contributed by atoms with Crippen LogP contribution in [-0.4, -0.2) is 58.8 Å². The van der Waals surface area contributed by atoms with Crippen molar-refractivity contribution in [2.24, 2.45) is 28.6 Å². The van der Waals surface area contributed by atoms with Crippen molar-refractivity contribution in [1.82, 2.24) is 0 Å². The topological polar surface area (TPSA) is 106 Å². The molecule has 2 N–H and O–H groups in total. The van der Waals surface area contributed by atoms with Crippen molar-refractivity contribution >= 4 is 11.9 Å². The monoisotopic (exact) mass is 432 g/mol. The average molecular weight is 433 g/mol. The Morgan fingerprint density at radius 3 is 2.65 bits per heavy atom. The number of methoxy groups -OCH3 is 1. The third-order valence-corrected chi connectivity index (χ3v) is 10.4. The molecule has 0 unspecified atom stereocenters. The van der Waals surface area contributed by atoms with Crippen LogP contribution in [0, 0.1) is 28.6 Å². The Kier molecular flexibility index (Phi) is 3.85. The van der Waals surface area contributed by atoms with Crippen molar-refractivity contribution < 1.29 is 34.0 Å². The van der Waals surface area contributed by atoms with Gasteiger partial charge in [-0.25, -0.2) is 0 Å². The second-order valence-corrected chi connectivity index (χ2v) is 11.2. The van der Waals surface area contributed by atoms with Gasteiger partial charge in [-0.2, -0.15) is 0 Å². The van der Waals surface area contributed by atoms with E-state index in [-0.39, 0.29) is 29.3 Å². The average Bonchev–Trinajstić information content (AvgIpc) is 3.23. The van der Waals surface area contributed by atoms with Gasteiger partial charge in [-0.3, -0.25) is 9.59 Å². The lowest BCUT2D eigenvalue weighted by Crippen LogP contribution is -2.66. The van der Waals surface area contributed by atoms with Gasteiger partial charge in [0.1, 0.15) is 11.2 Å². The molecule has 10 atom stereocenters. The van der Waals surface area contributed by atoms with E-state index in [0.29, 0.717) is 25.7 Å². The summed E-state index contributed by atoms with van der Waals surface area (Å²) in [6.45, 7) is 4.34. The van der Waals surface area contributed by atoms with Crippen LogP contribution in [0.25, 0.3) is 0 Å². The number of carbonyl (C=O) groups excluding carboxylic acids is 2. The molecule has 0 radical (unpaired) electrons. The fraction of sp³-hybridized carbons (Fsp3) is 0.833. The minimum absolute atomic E-state index is 0.0590. The van der Waals surface area contributed by atoms with Crippen molar-refractivity contribution in [2.45, 2.75) is 88.3 Å². The fourth-order valence-electron chi connectivity index (χ4n) is 8.89. The van der Waals surface area contributed by atoms with E-state index in [2.05, 4.69) is 13.8 Å². The molecule has 170 valence electrons. The molecule has 5 fully saturated rings. The SMILES string of the molecule is COC(=O)[C@H]1[C@H]2[C@@H]3CC[C@@]4(CCC(=O)O4)[C@@]3(C)C[C@H]3O[C@@]23[C@@]2(C)CC[C@@H](O)C=C2[C@@H]1O. The highest BCUT2D eigenvalue weighted by atomic mass is 16.6. The van der Waals surface area contributed by atoms with Crippen LogP contribution >= 0.6 is 0 Å². The van der Waals surface area contributed by atoms with Crippen LogP contribution in [0.5, 0.6) is 0 Å². The first-order valence-electron chi connectivity index (χ1n) is 11.7. The maximum Gasteiger partial charge on any atom is 0.312 e. The maximum atomic E-state index is 13.1. The maximum absolute atomic E-state index is 13.1. The molecule has 0 aromatic heterocycles. The zero-order chi connectivity index (χ0) is 22.0. The van der Waals surface area contributed by atoms with Crippen LogP contribution in [-0.2, 0) is 23.8 Å². The van der Waals surface area contributed by atoms with Crippen LogP contribution in [0.2, 0.25) is 0 Å². The van der Waals surface area contributed by atoms with Crippen molar-refractivity contribution in [3.8, 4) is 0 Å². The highest BCUT2D eigenvalue weighted by Gasteiger charge is 2.84. The summed E-state index contributed by atoms with van der Waals surface area (Å²) in [4.78, 5) is 25.2. The van der Waals surface area contributed by atoms with Crippen molar-refractivity contribution in [3.63, 3.8) is 0 Å². The third kappa shape index (κ3) is 2.12. The van der Waals surface area contributed by atoms with Crippen molar-refractivity contribution in [2.75, 3.05) is 7.11 Å². The first-order valence-corrected chi connectivity index (χ1v) is 11.7. The summed E-state index contributed by atoms with van der Waals surface area (Å²) < 4.78 is 17.8. The Labute approximate surface area is 182 Å². The highest BCUT2D eigenvalue weighted by Crippen LogP contribution is 2.78. The van der Waals surface area contributed by atoms with Gasteiger partial charge in [0.25, 0.3) is 0 Å². The second-order valence-electron chi connectivity index (χ2n) is 11.2. The van der Waals surface area contributed by atoms with E-state index < -0.39 is 40.7 Å². The summed E-state index contributed by atoms with van der Waals surface area (Å²) in [6.07, 6.45) is 4.95. The minimum atomic E-state index is -1.02. The lowest BCUT2D eigenvalue weighted by Gasteiger charge is -2.60. The molecule has 7 heteroatoms. The summed E-state index contributed by atoms with van der Waals surface area (Å²) in [6, 6.07) is 0. The molecule has 6 rings (SSSR count). The molecule has 0 bridgehead atoms. The number of carbonyl (C=O) groups is 2. The van der Waals surface area contributed by atoms with Crippen LogP contribution < -0.4 is 0 Å². The number of aliphatic hydroxyl groups is 2. The highest BCUT2D eigenvalue weighted by molar-refractivity contribution is 5.76. The van der Waals surface area contributed by atoms with Gasteiger partial charge < -0.3 is 24.4 Å². The summed E-state index contributed by atoms with van der Waals surface area (Å²) >= 11 is 0. The Morgan fingerprint density at radius 1 is 1.19 bits per heavy atom. The van der Waals surface area contributed by atoms with E-state index in [9.17, 15) is 19.8 Å². The Hall–Kier alpha value is -1.44. The Bertz CT molecular complexity index is 898. The summed E-state index contributed by atoms with van der Waals surface area (Å²) in [7, 11) is 1.36. The predicted molar refractivity (Wildman–Crippen MR) is 108 cm³/mol. The number of epoxide rings is 1. The molecule has 2 aliphatic heterocycles. The van der Waals surface area contributed by atoms with Crippen LogP contribution in [0.3, 0.4) is 0 Å². The molecule has 6 aliphatic rings. The summed E-state index contributed by atoms with van der Waals surface area (Å²) in [5.74, 6) is -1.45. The number of hydrogen-bond donors (Lipinski definition) is 2. The third-order valence-electron chi connectivity index (χ3n) is 10.4. The Balaban J connectivity index is 1.51. The number of hydrogen-bond acceptors (Lipinski definition) is 7. The van der Waals surface area contributed by atoms with Gasteiger partial charge in [-0.1, -0.05) is 19.9 Å². The molecule has 3 saturated carbocycles. The zero-order valence-electron chi connectivity index (χ0n) is 18.4. The van der Waals surface area contributed by atoms with Gasteiger partial charge in [-0.05, 0) is 50.0 Å². The minimum Gasteiger partial charge on any atom is -0.469 e. The molecule has 7 nitrogen and oxygen atoms in total. The quantitative estimate of drug-likeness (QED) is 0.370. The van der Waals surface area contributed by atoms with Crippen molar-refractivity contribution in [3.05, 3.63) is 11.6 Å². The lowest BCUT2D eigenvalue weighted by atomic mass is 9.43. The predicted octanol–water partition coefficient (Wildman–Crippen LogP) is 1.89. The first kappa shape index (κ1) is 20.2. The van der Waals surface area contributed by atoms with Gasteiger partial charge in [0.05, 0.1) is 31.3 Å². The Morgan fingerprint density at radius 2 is 1.97 bits per heavy atom. The van der Waals surface area contributed by atoms with Crippen LogP contribution in [0.4, 0.5) is 0 Å². The summed E-state index contributed by atoms with van der Waals surface area (Å²) in [5.41, 5.74) is -1.06. The van der Waals surface area contributed by atoms with Gasteiger partial charge in [-0.15, -0.1) is 0 Å². The lowest BCUT2D eigenvalue weighted by molar-refractivity contribution is -0.180. The molecule has 2 saturated heterocycles. The van der Waals surface area contributed by atoms with Gasteiger partial charge in [0.2, 0.25) is 0 Å². The van der Waals surface area contributed by atoms with E-state index in [4.69, 9.17) is 14.2 Å². The molecular formula is C24H32O7. The standard InChI is InChI=1S/C24H32O7/c1-21-7-4-12(25)10-14(21)19(27)17(20(28)29-3)18-13-5-8-23(9-6-16(26)31-23)22(13,2)11-15-24(18,21)30-15/h10,12-13,15,17-19,25,27H,4-9,11H2,1-3H3/t12-,13+,15-,17+,18-,19+,21+,22+,23-,24-/m1/s1. The van der Waals surface area contributed by atoms with Gasteiger partial charge in [0.15, 0.2) is 0 Å². The second kappa shape index (κ2) is 5.91. The van der Waals surface area contributed by atoms with E-state index in [1.165, 1.54) is 7.11 Å². The molecule has 0 amide bonds. The van der Waals surface area contributed by atoms with E-state index >= 15 is 0 Å². The first-order chi connectivity index (χ1) is 14.6. The molecule has 2 heterocycles. The van der Waals surface area contributed by atoms with E-state index in [1.807, 2.05) is 0 Å². The molecule has 2 spiro atoms. The van der Waals surface area contributed by atoms with Crippen LogP contribution in [0.1, 0.15) is 58.8 Å². The summed E-state index contributed by atoms with van der Waals surface area (Å²) in [5, 5.41) is 21.8. The number of aliphatic hydroxyl groups excluding tert-OH is 2. The number of ether oxygens (including phenoxy) is 3. The molecular weight excluding hydrogens is 400 g/mol. The van der Waals surface area contributed by atoms with Crippen LogP contribution in [0.15, 0.2) is 11.6 Å². The molecule has 0 aromatic carbocycles.